The second kappa shape index (κ2) is 7.28. The maximum Gasteiger partial charge on any atom is 0.0667 e. The Kier molecular flexibility index (Phi) is 4.81. The molecule has 0 saturated heterocycles. The second-order valence-electron chi connectivity index (χ2n) is 8.18. The van der Waals surface area contributed by atoms with Gasteiger partial charge in [-0.3, -0.25) is 0 Å². The van der Waals surface area contributed by atoms with Gasteiger partial charge in [-0.15, -0.1) is 0 Å². The van der Waals surface area contributed by atoms with Crippen molar-refractivity contribution in [2.75, 3.05) is 0 Å². The maximum atomic E-state index is 2.40. The molecule has 0 unspecified atom stereocenters. The van der Waals surface area contributed by atoms with Crippen LogP contribution in [0.2, 0.25) is 0 Å². The molecule has 0 radical (unpaired) electrons. The SMILES string of the molecule is CC1=CCC(C(c2cccc(C)c2)(c2cccc(C)c2)c2cccc(C)c2)=C1. The van der Waals surface area contributed by atoms with E-state index in [1.165, 1.54) is 44.5 Å². The molecule has 4 rings (SSSR count). The van der Waals surface area contributed by atoms with Gasteiger partial charge in [0, 0.05) is 0 Å². The van der Waals surface area contributed by atoms with Crippen molar-refractivity contribution in [2.24, 2.45) is 0 Å². The first-order chi connectivity index (χ1) is 13.5. The summed E-state index contributed by atoms with van der Waals surface area (Å²) in [5.74, 6) is 0. The van der Waals surface area contributed by atoms with E-state index < -0.39 is 0 Å². The van der Waals surface area contributed by atoms with Crippen LogP contribution in [0.5, 0.6) is 0 Å². The largest absolute Gasteiger partial charge is 0.0775 e. The van der Waals surface area contributed by atoms with Gasteiger partial charge in [0.05, 0.1) is 5.41 Å². The van der Waals surface area contributed by atoms with E-state index in [9.17, 15) is 0 Å². The van der Waals surface area contributed by atoms with Gasteiger partial charge in [0.1, 0.15) is 0 Å². The Hall–Kier alpha value is -2.86. The Bertz CT molecular complexity index is 968. The number of rotatable bonds is 4. The van der Waals surface area contributed by atoms with E-state index in [4.69, 9.17) is 0 Å². The highest BCUT2D eigenvalue weighted by molar-refractivity contribution is 5.62. The highest BCUT2D eigenvalue weighted by atomic mass is 14.4. The summed E-state index contributed by atoms with van der Waals surface area (Å²) in [6.45, 7) is 8.77. The van der Waals surface area contributed by atoms with E-state index in [0.717, 1.165) is 6.42 Å². The van der Waals surface area contributed by atoms with Crippen LogP contribution in [0.25, 0.3) is 0 Å². The fraction of sp³-hybridized carbons (Fsp3) is 0.214. The summed E-state index contributed by atoms with van der Waals surface area (Å²) in [4.78, 5) is 0. The standard InChI is InChI=1S/C28H28/c1-20-8-5-11-24(16-20)28(27-15-14-23(4)19-27,25-12-6-9-21(2)17-25)26-13-7-10-22(3)18-26/h5-14,16-19H,15H2,1-4H3. The van der Waals surface area contributed by atoms with Crippen LogP contribution in [0.15, 0.2) is 96.1 Å². The minimum absolute atomic E-state index is 0.279. The van der Waals surface area contributed by atoms with E-state index in [-0.39, 0.29) is 5.41 Å². The van der Waals surface area contributed by atoms with Gasteiger partial charge in [-0.25, -0.2) is 0 Å². The Balaban J connectivity index is 2.12. The van der Waals surface area contributed by atoms with Gasteiger partial charge in [0.15, 0.2) is 0 Å². The lowest BCUT2D eigenvalue weighted by atomic mass is 9.63. The third-order valence-corrected chi connectivity index (χ3v) is 5.88. The maximum absolute atomic E-state index is 2.40. The molecule has 0 nitrogen and oxygen atoms in total. The van der Waals surface area contributed by atoms with Crippen LogP contribution in [0.4, 0.5) is 0 Å². The minimum atomic E-state index is -0.279. The lowest BCUT2D eigenvalue weighted by Gasteiger charge is -2.38. The Morgan fingerprint density at radius 1 is 0.607 bits per heavy atom. The van der Waals surface area contributed by atoms with E-state index in [0.29, 0.717) is 0 Å². The van der Waals surface area contributed by atoms with Crippen LogP contribution in [0.1, 0.15) is 46.7 Å². The molecule has 0 aliphatic heterocycles. The number of allylic oxidation sites excluding steroid dienone is 4. The molecule has 0 fully saturated rings. The van der Waals surface area contributed by atoms with Gasteiger partial charge >= 0.3 is 0 Å². The molecule has 1 aliphatic rings. The van der Waals surface area contributed by atoms with Crippen molar-refractivity contribution in [3.63, 3.8) is 0 Å². The van der Waals surface area contributed by atoms with Crippen molar-refractivity contribution in [3.8, 4) is 0 Å². The number of aryl methyl sites for hydroxylation is 3. The van der Waals surface area contributed by atoms with Crippen LogP contribution in [0.3, 0.4) is 0 Å². The van der Waals surface area contributed by atoms with Gasteiger partial charge in [-0.05, 0) is 56.4 Å². The zero-order valence-electron chi connectivity index (χ0n) is 17.3. The topological polar surface area (TPSA) is 0 Å². The molecule has 0 spiro atoms. The first-order valence-corrected chi connectivity index (χ1v) is 10.1. The fourth-order valence-electron chi connectivity index (χ4n) is 4.62. The Labute approximate surface area is 169 Å². The smallest absolute Gasteiger partial charge is 0.0667 e. The normalized spacial score (nSPS) is 14.0. The highest BCUT2D eigenvalue weighted by Crippen LogP contribution is 2.48. The van der Waals surface area contributed by atoms with Crippen molar-refractivity contribution < 1.29 is 0 Å². The van der Waals surface area contributed by atoms with E-state index in [1.807, 2.05) is 0 Å². The minimum Gasteiger partial charge on any atom is -0.0775 e. The third-order valence-electron chi connectivity index (χ3n) is 5.88. The Morgan fingerprint density at radius 2 is 1.04 bits per heavy atom. The van der Waals surface area contributed by atoms with Crippen molar-refractivity contribution in [1.29, 1.82) is 0 Å². The van der Waals surface area contributed by atoms with Crippen molar-refractivity contribution in [1.82, 2.24) is 0 Å². The highest BCUT2D eigenvalue weighted by Gasteiger charge is 2.40. The van der Waals surface area contributed by atoms with Crippen molar-refractivity contribution in [2.45, 2.75) is 39.5 Å². The summed E-state index contributed by atoms with van der Waals surface area (Å²) in [6, 6.07) is 27.1. The second-order valence-corrected chi connectivity index (χ2v) is 8.18. The summed E-state index contributed by atoms with van der Waals surface area (Å²) in [5.41, 5.74) is 10.5. The van der Waals surface area contributed by atoms with Crippen LogP contribution >= 0.6 is 0 Å². The van der Waals surface area contributed by atoms with Crippen LogP contribution in [-0.4, -0.2) is 0 Å². The van der Waals surface area contributed by atoms with Gasteiger partial charge in [-0.1, -0.05) is 107 Å². The molecule has 0 heteroatoms. The molecular weight excluding hydrogens is 336 g/mol. The molecule has 0 bridgehead atoms. The molecular formula is C28H28. The van der Waals surface area contributed by atoms with Gasteiger partial charge in [0.25, 0.3) is 0 Å². The first-order valence-electron chi connectivity index (χ1n) is 10.1. The monoisotopic (exact) mass is 364 g/mol. The number of hydrogen-bond acceptors (Lipinski definition) is 0. The van der Waals surface area contributed by atoms with Crippen LogP contribution in [-0.2, 0) is 5.41 Å². The van der Waals surface area contributed by atoms with Crippen LogP contribution in [0, 0.1) is 20.8 Å². The summed E-state index contributed by atoms with van der Waals surface area (Å²) in [6.07, 6.45) is 5.74. The van der Waals surface area contributed by atoms with Gasteiger partial charge in [0.2, 0.25) is 0 Å². The molecule has 140 valence electrons. The zero-order chi connectivity index (χ0) is 19.7. The summed E-state index contributed by atoms with van der Waals surface area (Å²) < 4.78 is 0. The molecule has 0 atom stereocenters. The van der Waals surface area contributed by atoms with E-state index in [2.05, 4.69) is 113 Å². The molecule has 0 aromatic heterocycles. The molecule has 0 amide bonds. The van der Waals surface area contributed by atoms with E-state index in [1.54, 1.807) is 0 Å². The fourth-order valence-corrected chi connectivity index (χ4v) is 4.62. The molecule has 0 N–H and O–H groups in total. The Morgan fingerprint density at radius 3 is 1.36 bits per heavy atom. The quantitative estimate of drug-likeness (QED) is 0.429. The molecule has 0 saturated carbocycles. The third kappa shape index (κ3) is 3.14. The van der Waals surface area contributed by atoms with Gasteiger partial charge in [-0.2, -0.15) is 0 Å². The lowest BCUT2D eigenvalue weighted by Crippen LogP contribution is -2.32. The van der Waals surface area contributed by atoms with Crippen LogP contribution < -0.4 is 0 Å². The molecule has 1 aliphatic carbocycles. The lowest BCUT2D eigenvalue weighted by molar-refractivity contribution is 0.708. The van der Waals surface area contributed by atoms with Gasteiger partial charge < -0.3 is 0 Å². The molecule has 28 heavy (non-hydrogen) atoms. The van der Waals surface area contributed by atoms with E-state index >= 15 is 0 Å². The molecule has 3 aromatic carbocycles. The predicted molar refractivity (Wildman–Crippen MR) is 120 cm³/mol. The molecule has 0 heterocycles. The average molecular weight is 365 g/mol. The summed E-state index contributed by atoms with van der Waals surface area (Å²) >= 11 is 0. The molecule has 3 aromatic rings. The summed E-state index contributed by atoms with van der Waals surface area (Å²) in [5, 5.41) is 0. The van der Waals surface area contributed by atoms with Crippen molar-refractivity contribution in [3.05, 3.63) is 129 Å². The van der Waals surface area contributed by atoms with Crippen molar-refractivity contribution >= 4 is 0 Å². The number of benzene rings is 3. The first kappa shape index (κ1) is 18.5. The predicted octanol–water partition coefficient (Wildman–Crippen LogP) is 7.22. The summed E-state index contributed by atoms with van der Waals surface area (Å²) in [7, 11) is 0. The average Bonchev–Trinajstić information content (AvgIpc) is 3.09. The zero-order valence-corrected chi connectivity index (χ0v) is 17.3. The number of hydrogen-bond donors (Lipinski definition) is 0.